The predicted octanol–water partition coefficient (Wildman–Crippen LogP) is 8.81. The number of benzene rings is 2. The molecule has 2 aromatic rings. The fourth-order valence-electron chi connectivity index (χ4n) is 7.06. The summed E-state index contributed by atoms with van der Waals surface area (Å²) in [5.74, 6) is 4.02. The van der Waals surface area contributed by atoms with Crippen LogP contribution in [0.25, 0.3) is 6.08 Å². The number of hydrogen-bond donors (Lipinski definition) is 0. The van der Waals surface area contributed by atoms with Crippen LogP contribution in [0.4, 0.5) is 0 Å². The summed E-state index contributed by atoms with van der Waals surface area (Å²) in [5, 5.41) is 0. The van der Waals surface area contributed by atoms with E-state index < -0.39 is 0 Å². The molecule has 0 amide bonds. The van der Waals surface area contributed by atoms with Gasteiger partial charge in [0.15, 0.2) is 0 Å². The molecule has 2 unspecified atom stereocenters. The smallest absolute Gasteiger partial charge is 0.150 e. The van der Waals surface area contributed by atoms with Gasteiger partial charge in [-0.3, -0.25) is 4.79 Å². The minimum absolute atomic E-state index is 0.700. The molecule has 0 aromatic heterocycles. The average molecular weight is 514 g/mol. The average Bonchev–Trinajstić information content (AvgIpc) is 3.61. The van der Waals surface area contributed by atoms with Crippen LogP contribution in [0.1, 0.15) is 104 Å². The molecule has 1 aliphatic heterocycles. The first kappa shape index (κ1) is 28.8. The first-order valence-electron chi connectivity index (χ1n) is 15.6. The van der Waals surface area contributed by atoms with Gasteiger partial charge in [0, 0.05) is 25.2 Å². The van der Waals surface area contributed by atoms with Crippen molar-refractivity contribution in [2.45, 2.75) is 90.9 Å². The molecule has 2 saturated carbocycles. The van der Waals surface area contributed by atoms with E-state index in [9.17, 15) is 4.79 Å². The molecule has 2 aromatic carbocycles. The van der Waals surface area contributed by atoms with Gasteiger partial charge in [-0.1, -0.05) is 101 Å². The summed E-state index contributed by atoms with van der Waals surface area (Å²) >= 11 is 0. The Morgan fingerprint density at radius 3 is 2.18 bits per heavy atom. The second kappa shape index (κ2) is 14.8. The molecule has 4 aliphatic rings. The van der Waals surface area contributed by atoms with Gasteiger partial charge in [0.1, 0.15) is 6.29 Å². The number of hydrogen-bond acceptors (Lipinski definition) is 2. The lowest BCUT2D eigenvalue weighted by molar-refractivity contribution is 0.112. The van der Waals surface area contributed by atoms with Crippen LogP contribution < -0.4 is 0 Å². The van der Waals surface area contributed by atoms with Crippen molar-refractivity contribution in [3.63, 3.8) is 0 Å². The van der Waals surface area contributed by atoms with Crippen LogP contribution >= 0.6 is 0 Å². The molecule has 2 heteroatoms. The molecule has 3 atom stereocenters. The van der Waals surface area contributed by atoms with E-state index in [4.69, 9.17) is 0 Å². The number of piperidine rings is 1. The van der Waals surface area contributed by atoms with Gasteiger partial charge in [-0.05, 0) is 90.9 Å². The van der Waals surface area contributed by atoms with E-state index in [-0.39, 0.29) is 0 Å². The van der Waals surface area contributed by atoms with Gasteiger partial charge in [0.2, 0.25) is 0 Å². The van der Waals surface area contributed by atoms with Crippen molar-refractivity contribution in [3.8, 4) is 0 Å². The predicted molar refractivity (Wildman–Crippen MR) is 163 cm³/mol. The second-order valence-corrected chi connectivity index (χ2v) is 12.6. The van der Waals surface area contributed by atoms with Crippen LogP contribution in [0.3, 0.4) is 0 Å². The molecule has 0 N–H and O–H groups in total. The topological polar surface area (TPSA) is 20.3 Å². The molecule has 3 fully saturated rings. The molecule has 2 nitrogen and oxygen atoms in total. The lowest BCUT2D eigenvalue weighted by atomic mass is 9.84. The van der Waals surface area contributed by atoms with E-state index in [2.05, 4.69) is 43.5 Å². The maximum Gasteiger partial charge on any atom is 0.150 e. The summed E-state index contributed by atoms with van der Waals surface area (Å²) in [6.45, 7) is 12.3. The highest BCUT2D eigenvalue weighted by Crippen LogP contribution is 2.36. The monoisotopic (exact) mass is 513 g/mol. The fraction of sp³-hybridized carbons (Fsp3) is 0.583. The van der Waals surface area contributed by atoms with Gasteiger partial charge in [0.25, 0.3) is 0 Å². The van der Waals surface area contributed by atoms with Crippen molar-refractivity contribution in [2.24, 2.45) is 23.7 Å². The second-order valence-electron chi connectivity index (χ2n) is 12.6. The first-order chi connectivity index (χ1) is 18.6. The zero-order valence-corrected chi connectivity index (χ0v) is 24.2. The molecule has 38 heavy (non-hydrogen) atoms. The Bertz CT molecular complexity index is 964. The molecule has 2 bridgehead atoms. The number of rotatable bonds is 6. The molecule has 0 spiro atoms. The van der Waals surface area contributed by atoms with Crippen molar-refractivity contribution in [1.82, 2.24) is 4.90 Å². The van der Waals surface area contributed by atoms with E-state index in [1.807, 2.05) is 12.1 Å². The largest absolute Gasteiger partial charge is 0.302 e. The number of carbonyl (C=O) groups is 1. The van der Waals surface area contributed by atoms with Gasteiger partial charge in [0.05, 0.1) is 0 Å². The van der Waals surface area contributed by atoms with Gasteiger partial charge in [-0.2, -0.15) is 0 Å². The number of aldehydes is 1. The number of nitrogens with zero attached hydrogens (tertiary/aromatic N) is 1. The Kier molecular flexibility index (Phi) is 11.2. The molecular weight excluding hydrogens is 462 g/mol. The summed E-state index contributed by atoms with van der Waals surface area (Å²) in [5.41, 5.74) is 6.57. The fourth-order valence-corrected chi connectivity index (χ4v) is 7.06. The normalized spacial score (nSPS) is 24.4. The van der Waals surface area contributed by atoms with E-state index in [1.54, 1.807) is 34.9 Å². The van der Waals surface area contributed by atoms with Crippen molar-refractivity contribution >= 4 is 12.4 Å². The van der Waals surface area contributed by atoms with E-state index in [0.29, 0.717) is 5.56 Å². The minimum Gasteiger partial charge on any atom is -0.302 e. The Morgan fingerprint density at radius 2 is 1.58 bits per heavy atom. The third kappa shape index (κ3) is 8.67. The SMILES string of the molecule is C=Cc1ccc(C=O)cc1.CCC1CCCC1.C[C@H]1CCc2cc(CCN3CC4CCC(C4)C3)ccc2C1. The Morgan fingerprint density at radius 1 is 0.895 bits per heavy atom. The molecule has 206 valence electrons. The summed E-state index contributed by atoms with van der Waals surface area (Å²) in [7, 11) is 0. The zero-order valence-electron chi connectivity index (χ0n) is 24.2. The number of carbonyl (C=O) groups excluding carboxylic acids is 1. The van der Waals surface area contributed by atoms with Crippen molar-refractivity contribution in [3.05, 3.63) is 76.9 Å². The Hall–Kier alpha value is -2.19. The number of fused-ring (bicyclic) bond motifs is 3. The number of aryl methyl sites for hydroxylation is 1. The lowest BCUT2D eigenvalue weighted by Crippen LogP contribution is -2.37. The highest BCUT2D eigenvalue weighted by atomic mass is 16.1. The van der Waals surface area contributed by atoms with Gasteiger partial charge >= 0.3 is 0 Å². The minimum atomic E-state index is 0.700. The molecule has 6 rings (SSSR count). The van der Waals surface area contributed by atoms with Crippen LogP contribution in [0.5, 0.6) is 0 Å². The van der Waals surface area contributed by atoms with Crippen LogP contribution in [-0.2, 0) is 19.3 Å². The van der Waals surface area contributed by atoms with Gasteiger partial charge in [-0.25, -0.2) is 0 Å². The molecule has 0 radical (unpaired) electrons. The Labute approximate surface area is 232 Å². The molecule has 1 saturated heterocycles. The highest BCUT2D eigenvalue weighted by Gasteiger charge is 2.32. The van der Waals surface area contributed by atoms with Crippen LogP contribution in [0, 0.1) is 23.7 Å². The lowest BCUT2D eigenvalue weighted by Gasteiger charge is -2.31. The van der Waals surface area contributed by atoms with Crippen molar-refractivity contribution < 1.29 is 4.79 Å². The zero-order chi connectivity index (χ0) is 26.7. The third-order valence-corrected chi connectivity index (χ3v) is 9.51. The van der Waals surface area contributed by atoms with Crippen LogP contribution in [0.15, 0.2) is 49.0 Å². The van der Waals surface area contributed by atoms with E-state index in [0.717, 1.165) is 35.5 Å². The molecular formula is C36H51NO. The summed E-state index contributed by atoms with van der Waals surface area (Å²) in [6, 6.07) is 14.6. The Balaban J connectivity index is 0.000000164. The molecule has 3 aliphatic carbocycles. The highest BCUT2D eigenvalue weighted by molar-refractivity contribution is 5.75. The van der Waals surface area contributed by atoms with Crippen molar-refractivity contribution in [2.75, 3.05) is 19.6 Å². The summed E-state index contributed by atoms with van der Waals surface area (Å²) in [4.78, 5) is 12.9. The first-order valence-corrected chi connectivity index (χ1v) is 15.6. The number of likely N-dealkylation sites (tertiary alicyclic amines) is 1. The molecule has 1 heterocycles. The maximum atomic E-state index is 10.2. The van der Waals surface area contributed by atoms with Crippen LogP contribution in [-0.4, -0.2) is 30.8 Å². The quantitative estimate of drug-likeness (QED) is 0.360. The van der Waals surface area contributed by atoms with Crippen molar-refractivity contribution in [1.29, 1.82) is 0 Å². The van der Waals surface area contributed by atoms with Gasteiger partial charge in [-0.15, -0.1) is 0 Å². The summed E-state index contributed by atoms with van der Waals surface area (Å²) < 4.78 is 0. The van der Waals surface area contributed by atoms with Gasteiger partial charge < -0.3 is 4.90 Å². The van der Waals surface area contributed by atoms with Crippen LogP contribution in [0.2, 0.25) is 0 Å². The maximum absolute atomic E-state index is 10.2. The standard InChI is InChI=1S/C20H29N.C9H8O.C7H14/c1-15-2-6-20-12-16(5-7-19(20)10-15)8-9-21-13-17-3-4-18(11-17)14-21;1-2-8-3-5-9(7-10)6-4-8;1-2-7-5-3-4-6-7/h5,7,12,15,17-18H,2-4,6,8-11,13-14H2,1H3;2-7H,1H2;7H,2-6H2,1H3/t15-,17?,18?;;/m0../s1. The van der Waals surface area contributed by atoms with E-state index >= 15 is 0 Å². The summed E-state index contributed by atoms with van der Waals surface area (Å²) in [6.07, 6.45) is 19.8. The van der Waals surface area contributed by atoms with E-state index in [1.165, 1.54) is 96.7 Å². The third-order valence-electron chi connectivity index (χ3n) is 9.51.